The van der Waals surface area contributed by atoms with Crippen molar-refractivity contribution in [3.63, 3.8) is 0 Å². The Balaban J connectivity index is 2.95. The van der Waals surface area contributed by atoms with E-state index in [-0.39, 0.29) is 0 Å². The molecule has 4 nitrogen and oxygen atoms in total. The summed E-state index contributed by atoms with van der Waals surface area (Å²) in [5, 5.41) is 0. The van der Waals surface area contributed by atoms with Gasteiger partial charge in [-0.1, -0.05) is 12.1 Å². The minimum Gasteiger partial charge on any atom is -0.443 e. The zero-order valence-electron chi connectivity index (χ0n) is 11.3. The predicted octanol–water partition coefficient (Wildman–Crippen LogP) is 3.26. The highest BCUT2D eigenvalue weighted by Crippen LogP contribution is 2.18. The molecule has 0 aliphatic carbocycles. The third-order valence-electron chi connectivity index (χ3n) is 2.25. The van der Waals surface area contributed by atoms with E-state index in [0.29, 0.717) is 17.8 Å². The van der Waals surface area contributed by atoms with Gasteiger partial charge in [-0.2, -0.15) is 0 Å². The van der Waals surface area contributed by atoms with Crippen LogP contribution in [-0.2, 0) is 4.74 Å². The molecule has 1 aromatic carbocycles. The molecule has 0 radical (unpaired) electrons. The van der Waals surface area contributed by atoms with Gasteiger partial charge in [0, 0.05) is 17.8 Å². The molecule has 98 valence electrons. The molecule has 0 bridgehead atoms. The lowest BCUT2D eigenvalue weighted by molar-refractivity contribution is 0.0582. The monoisotopic (exact) mass is 249 g/mol. The van der Waals surface area contributed by atoms with Crippen LogP contribution in [0.2, 0.25) is 0 Å². The van der Waals surface area contributed by atoms with Crippen LogP contribution in [0.5, 0.6) is 0 Å². The molecule has 0 aliphatic rings. The first-order valence-electron chi connectivity index (χ1n) is 5.93. The summed E-state index contributed by atoms with van der Waals surface area (Å²) in [7, 11) is 0. The highest BCUT2D eigenvalue weighted by molar-refractivity contribution is 5.89. The Morgan fingerprint density at radius 1 is 1.39 bits per heavy atom. The minimum atomic E-state index is -0.535. The summed E-state index contributed by atoms with van der Waals surface area (Å²) in [4.78, 5) is 24.2. The molecule has 1 amide bonds. The molecule has 4 heteroatoms. The second-order valence-corrected chi connectivity index (χ2v) is 4.94. The zero-order chi connectivity index (χ0) is 13.8. The number of aldehydes is 1. The van der Waals surface area contributed by atoms with Crippen molar-refractivity contribution >= 4 is 18.1 Å². The predicted molar refractivity (Wildman–Crippen MR) is 71.1 cm³/mol. The number of ether oxygens (including phenoxy) is 1. The van der Waals surface area contributed by atoms with Gasteiger partial charge in [0.25, 0.3) is 0 Å². The smallest absolute Gasteiger partial charge is 0.414 e. The molecule has 18 heavy (non-hydrogen) atoms. The summed E-state index contributed by atoms with van der Waals surface area (Å²) in [6, 6.07) is 6.88. The largest absolute Gasteiger partial charge is 0.443 e. The van der Waals surface area contributed by atoms with Gasteiger partial charge in [-0.25, -0.2) is 4.79 Å². The summed E-state index contributed by atoms with van der Waals surface area (Å²) in [5.74, 6) is 0. The van der Waals surface area contributed by atoms with Crippen LogP contribution in [0, 0.1) is 0 Å². The Morgan fingerprint density at radius 3 is 2.56 bits per heavy atom. The van der Waals surface area contributed by atoms with Crippen LogP contribution in [-0.4, -0.2) is 24.5 Å². The summed E-state index contributed by atoms with van der Waals surface area (Å²) in [5.41, 5.74) is 0.665. The van der Waals surface area contributed by atoms with Crippen LogP contribution in [0.1, 0.15) is 38.1 Å². The number of benzene rings is 1. The summed E-state index contributed by atoms with van der Waals surface area (Å²) in [6.45, 7) is 7.80. The van der Waals surface area contributed by atoms with Gasteiger partial charge in [-0.3, -0.25) is 9.69 Å². The second kappa shape index (κ2) is 5.67. The van der Waals surface area contributed by atoms with Crippen LogP contribution in [0.4, 0.5) is 10.5 Å². The molecule has 0 aliphatic heterocycles. The molecule has 0 atom stereocenters. The molecule has 0 spiro atoms. The Kier molecular flexibility index (Phi) is 4.48. The maximum Gasteiger partial charge on any atom is 0.414 e. The van der Waals surface area contributed by atoms with E-state index in [0.717, 1.165) is 6.29 Å². The van der Waals surface area contributed by atoms with E-state index >= 15 is 0 Å². The first kappa shape index (κ1) is 14.2. The average molecular weight is 249 g/mol. The van der Waals surface area contributed by atoms with E-state index in [9.17, 15) is 9.59 Å². The fourth-order valence-corrected chi connectivity index (χ4v) is 1.50. The van der Waals surface area contributed by atoms with Crippen LogP contribution in [0.3, 0.4) is 0 Å². The third-order valence-corrected chi connectivity index (χ3v) is 2.25. The lowest BCUT2D eigenvalue weighted by atomic mass is 10.2. The average Bonchev–Trinajstić information content (AvgIpc) is 2.28. The van der Waals surface area contributed by atoms with Crippen LogP contribution in [0.15, 0.2) is 24.3 Å². The highest BCUT2D eigenvalue weighted by Gasteiger charge is 2.22. The van der Waals surface area contributed by atoms with Crippen LogP contribution >= 0.6 is 0 Å². The van der Waals surface area contributed by atoms with Gasteiger partial charge < -0.3 is 4.74 Å². The standard InChI is InChI=1S/C14H19NO3/c1-5-15(13(17)18-14(2,3)4)12-8-6-7-11(9-12)10-16/h6-10H,5H2,1-4H3. The third kappa shape index (κ3) is 3.87. The lowest BCUT2D eigenvalue weighted by Gasteiger charge is -2.26. The molecule has 0 fully saturated rings. The van der Waals surface area contributed by atoms with Gasteiger partial charge in [0.05, 0.1) is 0 Å². The number of carbonyl (C=O) groups excluding carboxylic acids is 2. The van der Waals surface area contributed by atoms with Crippen molar-refractivity contribution < 1.29 is 14.3 Å². The summed E-state index contributed by atoms with van der Waals surface area (Å²) >= 11 is 0. The fraction of sp³-hybridized carbons (Fsp3) is 0.429. The van der Waals surface area contributed by atoms with E-state index in [4.69, 9.17) is 4.74 Å². The number of rotatable bonds is 3. The number of nitrogens with zero attached hydrogens (tertiary/aromatic N) is 1. The number of hydrogen-bond donors (Lipinski definition) is 0. The first-order chi connectivity index (χ1) is 8.37. The second-order valence-electron chi connectivity index (χ2n) is 4.94. The molecule has 0 saturated carbocycles. The maximum absolute atomic E-state index is 12.0. The van der Waals surface area contributed by atoms with Crippen molar-refractivity contribution in [2.75, 3.05) is 11.4 Å². The number of anilines is 1. The quantitative estimate of drug-likeness (QED) is 0.772. The fourth-order valence-electron chi connectivity index (χ4n) is 1.50. The van der Waals surface area contributed by atoms with Crippen molar-refractivity contribution in [3.05, 3.63) is 29.8 Å². The zero-order valence-corrected chi connectivity index (χ0v) is 11.3. The Morgan fingerprint density at radius 2 is 2.06 bits per heavy atom. The normalized spacial score (nSPS) is 10.9. The van der Waals surface area contributed by atoms with Gasteiger partial charge in [0.2, 0.25) is 0 Å². The van der Waals surface area contributed by atoms with Gasteiger partial charge in [0.15, 0.2) is 0 Å². The Hall–Kier alpha value is -1.84. The molecule has 0 unspecified atom stereocenters. The van der Waals surface area contributed by atoms with Crippen molar-refractivity contribution in [2.45, 2.75) is 33.3 Å². The molecular weight excluding hydrogens is 230 g/mol. The number of carbonyl (C=O) groups is 2. The molecule has 1 rings (SSSR count). The van der Waals surface area contributed by atoms with Gasteiger partial charge in [-0.15, -0.1) is 0 Å². The van der Waals surface area contributed by atoms with Crippen molar-refractivity contribution in [2.24, 2.45) is 0 Å². The SMILES string of the molecule is CCN(C(=O)OC(C)(C)C)c1cccc(C=O)c1. The van der Waals surface area contributed by atoms with E-state index in [1.165, 1.54) is 4.90 Å². The number of hydrogen-bond acceptors (Lipinski definition) is 3. The van der Waals surface area contributed by atoms with Crippen LogP contribution in [0.25, 0.3) is 0 Å². The lowest BCUT2D eigenvalue weighted by Crippen LogP contribution is -2.36. The molecule has 0 saturated heterocycles. The highest BCUT2D eigenvalue weighted by atomic mass is 16.6. The molecule has 1 aromatic rings. The Labute approximate surface area is 108 Å². The van der Waals surface area contributed by atoms with Crippen molar-refractivity contribution in [1.82, 2.24) is 0 Å². The van der Waals surface area contributed by atoms with E-state index in [1.807, 2.05) is 27.7 Å². The van der Waals surface area contributed by atoms with Gasteiger partial charge in [-0.05, 0) is 39.8 Å². The summed E-state index contributed by atoms with van der Waals surface area (Å²) < 4.78 is 5.32. The van der Waals surface area contributed by atoms with Gasteiger partial charge >= 0.3 is 6.09 Å². The topological polar surface area (TPSA) is 46.6 Å². The van der Waals surface area contributed by atoms with Crippen molar-refractivity contribution in [3.8, 4) is 0 Å². The summed E-state index contributed by atoms with van der Waals surface area (Å²) in [6.07, 6.45) is 0.347. The first-order valence-corrected chi connectivity index (χ1v) is 5.93. The molecular formula is C14H19NO3. The molecule has 0 N–H and O–H groups in total. The Bertz CT molecular complexity index is 435. The minimum absolute atomic E-state index is 0.409. The molecule has 0 aromatic heterocycles. The van der Waals surface area contributed by atoms with Crippen molar-refractivity contribution in [1.29, 1.82) is 0 Å². The maximum atomic E-state index is 12.0. The molecule has 0 heterocycles. The van der Waals surface area contributed by atoms with E-state index < -0.39 is 11.7 Å². The number of amides is 1. The van der Waals surface area contributed by atoms with Gasteiger partial charge in [0.1, 0.15) is 11.9 Å². The van der Waals surface area contributed by atoms with Crippen LogP contribution < -0.4 is 4.90 Å². The van der Waals surface area contributed by atoms with E-state index in [1.54, 1.807) is 24.3 Å². The van der Waals surface area contributed by atoms with E-state index in [2.05, 4.69) is 0 Å².